The summed E-state index contributed by atoms with van der Waals surface area (Å²) in [7, 11) is 0. The van der Waals surface area contributed by atoms with Crippen LogP contribution in [0.5, 0.6) is 0 Å². The molecular formula is C6H12O4. The molecule has 0 radical (unpaired) electrons. The normalized spacial score (nSPS) is 26.4. The third-order valence-corrected chi connectivity index (χ3v) is 1.23. The highest BCUT2D eigenvalue weighted by Crippen LogP contribution is 2.08. The van der Waals surface area contributed by atoms with E-state index in [4.69, 9.17) is 19.7 Å². The van der Waals surface area contributed by atoms with E-state index in [1.807, 2.05) is 0 Å². The van der Waals surface area contributed by atoms with Crippen LogP contribution in [0.25, 0.3) is 0 Å². The average molecular weight is 148 g/mol. The van der Waals surface area contributed by atoms with Crippen molar-refractivity contribution >= 4 is 0 Å². The van der Waals surface area contributed by atoms with Gasteiger partial charge in [-0.05, 0) is 0 Å². The molecule has 0 bridgehead atoms. The quantitative estimate of drug-likeness (QED) is 0.478. The number of hydrogen-bond acceptors (Lipinski definition) is 4. The minimum Gasteiger partial charge on any atom is -0.394 e. The van der Waals surface area contributed by atoms with E-state index in [2.05, 4.69) is 0 Å². The molecule has 0 amide bonds. The van der Waals surface area contributed by atoms with Gasteiger partial charge < -0.3 is 19.7 Å². The SMILES string of the molecule is OC[C@@H](O)COC[C@@H]1CO1. The van der Waals surface area contributed by atoms with Gasteiger partial charge in [0.05, 0.1) is 26.4 Å². The first-order valence-electron chi connectivity index (χ1n) is 3.31. The molecule has 0 unspecified atom stereocenters. The lowest BCUT2D eigenvalue weighted by Crippen LogP contribution is -2.20. The molecule has 0 aromatic rings. The Kier molecular flexibility index (Phi) is 3.08. The number of hydrogen-bond donors (Lipinski definition) is 2. The number of rotatable bonds is 5. The molecule has 1 rings (SSSR count). The molecule has 1 aliphatic heterocycles. The van der Waals surface area contributed by atoms with E-state index >= 15 is 0 Å². The molecule has 0 aromatic heterocycles. The van der Waals surface area contributed by atoms with Crippen molar-refractivity contribution in [2.75, 3.05) is 26.4 Å². The zero-order valence-corrected chi connectivity index (χ0v) is 5.69. The Balaban J connectivity index is 1.83. The van der Waals surface area contributed by atoms with Crippen molar-refractivity contribution in [2.45, 2.75) is 12.2 Å². The van der Waals surface area contributed by atoms with Crippen LogP contribution in [0, 0.1) is 0 Å². The summed E-state index contributed by atoms with van der Waals surface area (Å²) in [5.74, 6) is 0. The Labute approximate surface area is 59.4 Å². The zero-order valence-electron chi connectivity index (χ0n) is 5.69. The number of ether oxygens (including phenoxy) is 2. The van der Waals surface area contributed by atoms with Crippen LogP contribution in [0.4, 0.5) is 0 Å². The van der Waals surface area contributed by atoms with Crippen molar-refractivity contribution in [3.8, 4) is 0 Å². The summed E-state index contributed by atoms with van der Waals surface area (Å²) in [4.78, 5) is 0. The molecule has 1 fully saturated rings. The van der Waals surface area contributed by atoms with Crippen LogP contribution in [0.2, 0.25) is 0 Å². The van der Waals surface area contributed by atoms with Crippen LogP contribution >= 0.6 is 0 Å². The Morgan fingerprint density at radius 3 is 2.90 bits per heavy atom. The van der Waals surface area contributed by atoms with E-state index in [1.54, 1.807) is 0 Å². The Morgan fingerprint density at radius 1 is 1.70 bits per heavy atom. The minimum atomic E-state index is -0.751. The van der Waals surface area contributed by atoms with Gasteiger partial charge in [-0.3, -0.25) is 0 Å². The van der Waals surface area contributed by atoms with Gasteiger partial charge in [-0.25, -0.2) is 0 Å². The highest BCUT2D eigenvalue weighted by atomic mass is 16.6. The van der Waals surface area contributed by atoms with Crippen molar-refractivity contribution in [3.63, 3.8) is 0 Å². The predicted octanol–water partition coefficient (Wildman–Crippen LogP) is -1.24. The molecule has 60 valence electrons. The molecule has 2 atom stereocenters. The topological polar surface area (TPSA) is 62.2 Å². The molecule has 4 nitrogen and oxygen atoms in total. The van der Waals surface area contributed by atoms with Gasteiger partial charge >= 0.3 is 0 Å². The predicted molar refractivity (Wildman–Crippen MR) is 33.7 cm³/mol. The molecule has 0 saturated carbocycles. The molecule has 1 saturated heterocycles. The standard InChI is InChI=1S/C6H12O4/c7-1-5(8)2-9-3-6-4-10-6/h5-8H,1-4H2/t5-,6-/m1/s1. The van der Waals surface area contributed by atoms with Gasteiger partial charge in [0, 0.05) is 0 Å². The maximum Gasteiger partial charge on any atom is 0.104 e. The summed E-state index contributed by atoms with van der Waals surface area (Å²) in [6, 6.07) is 0. The molecule has 0 spiro atoms. The Hall–Kier alpha value is -0.160. The van der Waals surface area contributed by atoms with Gasteiger partial charge in [0.15, 0.2) is 0 Å². The van der Waals surface area contributed by atoms with E-state index in [0.29, 0.717) is 6.61 Å². The van der Waals surface area contributed by atoms with Gasteiger partial charge in [0.2, 0.25) is 0 Å². The lowest BCUT2D eigenvalue weighted by atomic mass is 10.4. The van der Waals surface area contributed by atoms with Crippen molar-refractivity contribution in [3.05, 3.63) is 0 Å². The van der Waals surface area contributed by atoms with Gasteiger partial charge in [-0.1, -0.05) is 0 Å². The smallest absolute Gasteiger partial charge is 0.104 e. The first kappa shape index (κ1) is 7.94. The van der Waals surface area contributed by atoms with Gasteiger partial charge in [0.25, 0.3) is 0 Å². The van der Waals surface area contributed by atoms with E-state index in [1.165, 1.54) is 0 Å². The summed E-state index contributed by atoms with van der Waals surface area (Å²) in [6.45, 7) is 1.23. The van der Waals surface area contributed by atoms with Crippen molar-refractivity contribution in [1.29, 1.82) is 0 Å². The van der Waals surface area contributed by atoms with E-state index in [9.17, 15) is 0 Å². The number of epoxide rings is 1. The Bertz CT molecular complexity index is 91.7. The Morgan fingerprint density at radius 2 is 2.40 bits per heavy atom. The van der Waals surface area contributed by atoms with Gasteiger partial charge in [-0.15, -0.1) is 0 Å². The highest BCUT2D eigenvalue weighted by molar-refractivity contribution is 4.67. The summed E-state index contributed by atoms with van der Waals surface area (Å²) >= 11 is 0. The third kappa shape index (κ3) is 3.12. The van der Waals surface area contributed by atoms with Gasteiger partial charge in [0.1, 0.15) is 12.2 Å². The largest absolute Gasteiger partial charge is 0.394 e. The van der Waals surface area contributed by atoms with Crippen LogP contribution in [-0.2, 0) is 9.47 Å². The minimum absolute atomic E-state index is 0.191. The first-order chi connectivity index (χ1) is 4.83. The van der Waals surface area contributed by atoms with Crippen molar-refractivity contribution < 1.29 is 19.7 Å². The molecular weight excluding hydrogens is 136 g/mol. The maximum absolute atomic E-state index is 8.78. The molecule has 0 aliphatic carbocycles. The second-order valence-corrected chi connectivity index (χ2v) is 2.33. The van der Waals surface area contributed by atoms with E-state index in [0.717, 1.165) is 6.61 Å². The number of aliphatic hydroxyl groups excluding tert-OH is 2. The summed E-state index contributed by atoms with van der Waals surface area (Å²) in [6.07, 6.45) is -0.523. The summed E-state index contributed by atoms with van der Waals surface area (Å²) in [5, 5.41) is 17.1. The van der Waals surface area contributed by atoms with Crippen LogP contribution in [0.3, 0.4) is 0 Å². The summed E-state index contributed by atoms with van der Waals surface area (Å²) in [5.41, 5.74) is 0. The average Bonchev–Trinajstić information content (AvgIpc) is 2.71. The van der Waals surface area contributed by atoms with E-state index < -0.39 is 6.10 Å². The molecule has 0 aromatic carbocycles. The van der Waals surface area contributed by atoms with Gasteiger partial charge in [-0.2, -0.15) is 0 Å². The third-order valence-electron chi connectivity index (χ3n) is 1.23. The van der Waals surface area contributed by atoms with Crippen LogP contribution < -0.4 is 0 Å². The molecule has 1 heterocycles. The van der Waals surface area contributed by atoms with Crippen LogP contribution in [0.1, 0.15) is 0 Å². The molecule has 2 N–H and O–H groups in total. The van der Waals surface area contributed by atoms with Crippen molar-refractivity contribution in [2.24, 2.45) is 0 Å². The highest BCUT2D eigenvalue weighted by Gasteiger charge is 2.22. The number of aliphatic hydroxyl groups is 2. The van der Waals surface area contributed by atoms with E-state index in [-0.39, 0.29) is 19.3 Å². The van der Waals surface area contributed by atoms with Crippen LogP contribution in [0.15, 0.2) is 0 Å². The zero-order chi connectivity index (χ0) is 7.40. The fourth-order valence-electron chi connectivity index (χ4n) is 0.552. The summed E-state index contributed by atoms with van der Waals surface area (Å²) < 4.78 is 9.83. The first-order valence-corrected chi connectivity index (χ1v) is 3.31. The lowest BCUT2D eigenvalue weighted by molar-refractivity contribution is 0.00216. The fourth-order valence-corrected chi connectivity index (χ4v) is 0.552. The molecule has 1 aliphatic rings. The molecule has 4 heteroatoms. The molecule has 10 heavy (non-hydrogen) atoms. The lowest BCUT2D eigenvalue weighted by Gasteiger charge is -2.05. The second-order valence-electron chi connectivity index (χ2n) is 2.33. The second kappa shape index (κ2) is 3.88. The van der Waals surface area contributed by atoms with Crippen molar-refractivity contribution in [1.82, 2.24) is 0 Å². The monoisotopic (exact) mass is 148 g/mol. The fraction of sp³-hybridized carbons (Fsp3) is 1.00. The van der Waals surface area contributed by atoms with Crippen LogP contribution in [-0.4, -0.2) is 48.8 Å². The maximum atomic E-state index is 8.78.